The van der Waals surface area contributed by atoms with Crippen LogP contribution in [0.5, 0.6) is 0 Å². The smallest absolute Gasteiger partial charge is 0.314 e. The molecule has 0 spiro atoms. The summed E-state index contributed by atoms with van der Waals surface area (Å²) in [5.41, 5.74) is -1.14. The van der Waals surface area contributed by atoms with E-state index in [-0.39, 0.29) is 33.7 Å². The summed E-state index contributed by atoms with van der Waals surface area (Å²) in [7, 11) is 0. The highest BCUT2D eigenvalue weighted by molar-refractivity contribution is 9.09. The zero-order chi connectivity index (χ0) is 20.5. The molecule has 3 aliphatic carbocycles. The number of halogens is 2. The first-order valence-corrected chi connectivity index (χ1v) is 12.5. The molecule has 1 aliphatic heterocycles. The molecule has 0 amide bonds. The molecule has 158 valence electrons. The number of esters is 2. The maximum absolute atomic E-state index is 13.0. The van der Waals surface area contributed by atoms with Gasteiger partial charge in [0.2, 0.25) is 0 Å². The van der Waals surface area contributed by atoms with Gasteiger partial charge in [0.1, 0.15) is 11.2 Å². The highest BCUT2D eigenvalue weighted by atomic mass is 79.9. The first-order chi connectivity index (χ1) is 12.9. The molecule has 4 nitrogen and oxygen atoms in total. The van der Waals surface area contributed by atoms with Crippen LogP contribution in [-0.2, 0) is 19.1 Å². The normalized spacial score (nSPS) is 49.4. The maximum atomic E-state index is 13.0. The third kappa shape index (κ3) is 3.02. The van der Waals surface area contributed by atoms with Gasteiger partial charge in [-0.2, -0.15) is 0 Å². The third-order valence-electron chi connectivity index (χ3n) is 8.25. The van der Waals surface area contributed by atoms with Crippen LogP contribution in [0.3, 0.4) is 0 Å². The summed E-state index contributed by atoms with van der Waals surface area (Å²) in [6.07, 6.45) is 7.36. The fraction of sp³-hybridized carbons (Fsp3) is 0.909. The van der Waals surface area contributed by atoms with Crippen molar-refractivity contribution in [3.05, 3.63) is 0 Å². The molecule has 4 rings (SSSR count). The van der Waals surface area contributed by atoms with E-state index in [0.717, 1.165) is 51.4 Å². The number of carbonyl (C=O) groups excluding carboxylic acids is 2. The number of alkyl halides is 2. The molecule has 1 heterocycles. The Morgan fingerprint density at radius 2 is 1.79 bits per heavy atom. The summed E-state index contributed by atoms with van der Waals surface area (Å²) >= 11 is 7.68. The molecule has 7 atom stereocenters. The van der Waals surface area contributed by atoms with Crippen molar-refractivity contribution in [2.45, 2.75) is 99.9 Å². The van der Waals surface area contributed by atoms with Crippen molar-refractivity contribution in [3.63, 3.8) is 0 Å². The van der Waals surface area contributed by atoms with Crippen molar-refractivity contribution in [1.82, 2.24) is 0 Å². The van der Waals surface area contributed by atoms with Gasteiger partial charge in [0, 0.05) is 22.5 Å². The van der Waals surface area contributed by atoms with Gasteiger partial charge in [0.25, 0.3) is 0 Å². The van der Waals surface area contributed by atoms with E-state index in [1.165, 1.54) is 6.92 Å². The largest absolute Gasteiger partial charge is 0.459 e. The SMILES string of the molecule is CC(=O)O[C@]1(C[C@@H]2CC[C@]34C(=O)O[C@](C)(CC[C@@H]3Br)[C@@H]24)CC[C@H](Br)C(C)(C)C1. The van der Waals surface area contributed by atoms with Crippen LogP contribution in [0.25, 0.3) is 0 Å². The van der Waals surface area contributed by atoms with Gasteiger partial charge in [-0.05, 0) is 69.6 Å². The van der Waals surface area contributed by atoms with Gasteiger partial charge in [0.15, 0.2) is 0 Å². The average Bonchev–Trinajstić information content (AvgIpc) is 3.03. The van der Waals surface area contributed by atoms with Crippen LogP contribution in [-0.4, -0.2) is 32.8 Å². The molecule has 0 aromatic carbocycles. The molecule has 4 fully saturated rings. The van der Waals surface area contributed by atoms with E-state index >= 15 is 0 Å². The number of rotatable bonds is 3. The van der Waals surface area contributed by atoms with Crippen molar-refractivity contribution in [2.75, 3.05) is 0 Å². The lowest BCUT2D eigenvalue weighted by Gasteiger charge is -2.49. The standard InChI is InChI=1S/C22H32Br2O4/c1-13(25)27-21(9-7-15(23)19(2,3)12-21)11-14-5-10-22-16(24)6-8-20(4,17(14)22)28-18(22)26/h14-17H,5-12H2,1-4H3/t14-,15-,16-,17+,20+,21-,22-/m0/s1. The molecule has 0 aromatic heterocycles. The number of hydrogen-bond acceptors (Lipinski definition) is 4. The van der Waals surface area contributed by atoms with Gasteiger partial charge >= 0.3 is 11.9 Å². The zero-order valence-electron chi connectivity index (χ0n) is 17.4. The van der Waals surface area contributed by atoms with Crippen molar-refractivity contribution < 1.29 is 19.1 Å². The minimum atomic E-state index is -0.437. The summed E-state index contributed by atoms with van der Waals surface area (Å²) in [6.45, 7) is 8.17. The second-order valence-corrected chi connectivity index (χ2v) is 12.9. The van der Waals surface area contributed by atoms with Crippen LogP contribution >= 0.6 is 31.9 Å². The van der Waals surface area contributed by atoms with E-state index in [9.17, 15) is 9.59 Å². The molecule has 0 radical (unpaired) electrons. The van der Waals surface area contributed by atoms with E-state index in [1.807, 2.05) is 0 Å². The van der Waals surface area contributed by atoms with Crippen LogP contribution in [0.1, 0.15) is 79.1 Å². The van der Waals surface area contributed by atoms with Crippen molar-refractivity contribution >= 4 is 43.8 Å². The Bertz CT molecular complexity index is 694. The Morgan fingerprint density at radius 1 is 1.11 bits per heavy atom. The van der Waals surface area contributed by atoms with Gasteiger partial charge < -0.3 is 9.47 Å². The molecular formula is C22H32Br2O4. The van der Waals surface area contributed by atoms with Gasteiger partial charge in [-0.1, -0.05) is 45.7 Å². The molecule has 28 heavy (non-hydrogen) atoms. The highest BCUT2D eigenvalue weighted by Crippen LogP contribution is 2.68. The Morgan fingerprint density at radius 3 is 2.43 bits per heavy atom. The van der Waals surface area contributed by atoms with Crippen molar-refractivity contribution in [1.29, 1.82) is 0 Å². The second kappa shape index (κ2) is 6.70. The summed E-state index contributed by atoms with van der Waals surface area (Å²) in [4.78, 5) is 25.6. The minimum absolute atomic E-state index is 0.00657. The van der Waals surface area contributed by atoms with E-state index in [1.54, 1.807) is 0 Å². The molecule has 0 N–H and O–H groups in total. The lowest BCUT2D eigenvalue weighted by atomic mass is 9.59. The fourth-order valence-corrected chi connectivity index (χ4v) is 8.60. The lowest BCUT2D eigenvalue weighted by molar-refractivity contribution is -0.169. The summed E-state index contributed by atoms with van der Waals surface area (Å²) in [5, 5.41) is 0. The van der Waals surface area contributed by atoms with Crippen molar-refractivity contribution in [3.8, 4) is 0 Å². The van der Waals surface area contributed by atoms with Crippen LogP contribution in [0.15, 0.2) is 0 Å². The van der Waals surface area contributed by atoms with Gasteiger partial charge in [-0.25, -0.2) is 0 Å². The van der Waals surface area contributed by atoms with Gasteiger partial charge in [0.05, 0.1) is 5.41 Å². The minimum Gasteiger partial charge on any atom is -0.459 e. The van der Waals surface area contributed by atoms with Crippen molar-refractivity contribution in [2.24, 2.45) is 22.7 Å². The zero-order valence-corrected chi connectivity index (χ0v) is 20.5. The first kappa shape index (κ1) is 21.1. The summed E-state index contributed by atoms with van der Waals surface area (Å²) in [6, 6.07) is 0. The Labute approximate surface area is 185 Å². The molecule has 0 unspecified atom stereocenters. The Kier molecular flexibility index (Phi) is 5.06. The van der Waals surface area contributed by atoms with Gasteiger partial charge in [-0.15, -0.1) is 0 Å². The molecule has 0 aromatic rings. The lowest BCUT2D eigenvalue weighted by Crippen LogP contribution is -2.52. The quantitative estimate of drug-likeness (QED) is 0.363. The number of hydrogen-bond donors (Lipinski definition) is 0. The predicted molar refractivity (Wildman–Crippen MR) is 115 cm³/mol. The Hall–Kier alpha value is -0.100. The maximum Gasteiger partial charge on any atom is 0.314 e. The van der Waals surface area contributed by atoms with Crippen LogP contribution < -0.4 is 0 Å². The summed E-state index contributed by atoms with van der Waals surface area (Å²) in [5.74, 6) is 0.356. The molecular weight excluding hydrogens is 488 g/mol. The van der Waals surface area contributed by atoms with E-state index in [0.29, 0.717) is 10.7 Å². The molecule has 2 bridgehead atoms. The number of ether oxygens (including phenoxy) is 2. The van der Waals surface area contributed by atoms with Crippen LogP contribution in [0.2, 0.25) is 0 Å². The summed E-state index contributed by atoms with van der Waals surface area (Å²) < 4.78 is 12.1. The molecule has 3 saturated carbocycles. The third-order valence-corrected chi connectivity index (χ3v) is 11.2. The Balaban J connectivity index is 1.65. The second-order valence-electron chi connectivity index (χ2n) is 10.7. The number of carbonyl (C=O) groups is 2. The topological polar surface area (TPSA) is 52.6 Å². The molecule has 1 saturated heterocycles. The van der Waals surface area contributed by atoms with Crippen LogP contribution in [0.4, 0.5) is 0 Å². The average molecular weight is 520 g/mol. The highest BCUT2D eigenvalue weighted by Gasteiger charge is 2.72. The van der Waals surface area contributed by atoms with E-state index < -0.39 is 11.0 Å². The molecule has 4 aliphatic rings. The van der Waals surface area contributed by atoms with Gasteiger partial charge in [-0.3, -0.25) is 9.59 Å². The van der Waals surface area contributed by atoms with E-state index in [2.05, 4.69) is 52.6 Å². The van der Waals surface area contributed by atoms with Crippen LogP contribution in [0, 0.1) is 22.7 Å². The fourth-order valence-electron chi connectivity index (χ4n) is 7.28. The monoisotopic (exact) mass is 518 g/mol. The van der Waals surface area contributed by atoms with E-state index in [4.69, 9.17) is 9.47 Å². The predicted octanol–water partition coefficient (Wildman–Crippen LogP) is 5.54. The molecule has 6 heteroatoms. The first-order valence-electron chi connectivity index (χ1n) is 10.7.